The number of hydrogen-bond donors (Lipinski definition) is 1. The van der Waals surface area contributed by atoms with Crippen LogP contribution in [-0.4, -0.2) is 17.7 Å². The first-order valence-corrected chi connectivity index (χ1v) is 6.82. The van der Waals surface area contributed by atoms with Gasteiger partial charge >= 0.3 is 0 Å². The predicted molar refractivity (Wildman–Crippen MR) is 77.5 cm³/mol. The molecular formula is C13H8BrClN2O3. The van der Waals surface area contributed by atoms with Crippen LogP contribution < -0.4 is 14.8 Å². The highest BCUT2D eigenvalue weighted by molar-refractivity contribution is 9.10. The first kappa shape index (κ1) is 13.2. The van der Waals surface area contributed by atoms with Gasteiger partial charge in [0, 0.05) is 23.9 Å². The Labute approximate surface area is 128 Å². The van der Waals surface area contributed by atoms with Gasteiger partial charge in [-0.15, -0.1) is 0 Å². The van der Waals surface area contributed by atoms with E-state index in [1.165, 1.54) is 0 Å². The maximum atomic E-state index is 12.1. The molecule has 1 aliphatic heterocycles. The van der Waals surface area contributed by atoms with Gasteiger partial charge in [0.15, 0.2) is 11.5 Å². The van der Waals surface area contributed by atoms with Gasteiger partial charge in [0.2, 0.25) is 6.79 Å². The van der Waals surface area contributed by atoms with Crippen molar-refractivity contribution in [3.63, 3.8) is 0 Å². The number of carbonyl (C=O) groups excluding carboxylic acids is 1. The van der Waals surface area contributed by atoms with Gasteiger partial charge in [0.05, 0.1) is 10.7 Å². The van der Waals surface area contributed by atoms with E-state index in [1.54, 1.807) is 30.5 Å². The molecule has 3 rings (SSSR count). The summed E-state index contributed by atoms with van der Waals surface area (Å²) in [4.78, 5) is 16.1. The number of anilines is 1. The molecule has 20 heavy (non-hydrogen) atoms. The third kappa shape index (κ3) is 2.57. The minimum absolute atomic E-state index is 0.153. The van der Waals surface area contributed by atoms with Crippen LogP contribution in [0.15, 0.2) is 35.1 Å². The van der Waals surface area contributed by atoms with Gasteiger partial charge in [-0.2, -0.15) is 0 Å². The number of hydrogen-bond acceptors (Lipinski definition) is 4. The van der Waals surface area contributed by atoms with Gasteiger partial charge in [0.25, 0.3) is 5.91 Å². The molecule has 1 aromatic heterocycles. The van der Waals surface area contributed by atoms with Gasteiger partial charge in [0.1, 0.15) is 4.60 Å². The number of pyridine rings is 1. The number of ether oxygens (including phenoxy) is 2. The fraction of sp³-hybridized carbons (Fsp3) is 0.0769. The molecule has 0 spiro atoms. The Morgan fingerprint density at radius 2 is 2.05 bits per heavy atom. The molecule has 0 fully saturated rings. The Bertz CT molecular complexity index is 693. The lowest BCUT2D eigenvalue weighted by atomic mass is 10.2. The molecular weight excluding hydrogens is 348 g/mol. The lowest BCUT2D eigenvalue weighted by Gasteiger charge is -2.08. The highest BCUT2D eigenvalue weighted by Gasteiger charge is 2.18. The molecule has 2 heterocycles. The van der Waals surface area contributed by atoms with E-state index in [0.29, 0.717) is 32.4 Å². The van der Waals surface area contributed by atoms with Crippen LogP contribution in [-0.2, 0) is 0 Å². The number of halogens is 2. The summed E-state index contributed by atoms with van der Waals surface area (Å²) in [6.45, 7) is 0.153. The maximum absolute atomic E-state index is 12.1. The summed E-state index contributed by atoms with van der Waals surface area (Å²) in [6.07, 6.45) is 1.54. The van der Waals surface area contributed by atoms with E-state index in [9.17, 15) is 4.79 Å². The summed E-state index contributed by atoms with van der Waals surface area (Å²) < 4.78 is 11.0. The third-order valence-corrected chi connectivity index (χ3v) is 3.45. The fourth-order valence-corrected chi connectivity index (χ4v) is 2.32. The van der Waals surface area contributed by atoms with E-state index in [1.807, 2.05) is 0 Å². The highest BCUT2D eigenvalue weighted by atomic mass is 79.9. The summed E-state index contributed by atoms with van der Waals surface area (Å²) in [5.74, 6) is 0.842. The van der Waals surface area contributed by atoms with E-state index < -0.39 is 0 Å². The van der Waals surface area contributed by atoms with E-state index >= 15 is 0 Å². The van der Waals surface area contributed by atoms with Crippen LogP contribution in [0.3, 0.4) is 0 Å². The molecule has 1 N–H and O–H groups in total. The zero-order chi connectivity index (χ0) is 14.1. The summed E-state index contributed by atoms with van der Waals surface area (Å²) in [5, 5.41) is 3.11. The summed E-state index contributed by atoms with van der Waals surface area (Å²) in [5.41, 5.74) is 0.939. The molecule has 0 saturated carbocycles. The Morgan fingerprint density at radius 3 is 2.80 bits per heavy atom. The van der Waals surface area contributed by atoms with Crippen LogP contribution in [0.1, 0.15) is 10.4 Å². The van der Waals surface area contributed by atoms with E-state index in [2.05, 4.69) is 26.2 Å². The molecule has 5 nitrogen and oxygen atoms in total. The van der Waals surface area contributed by atoms with Gasteiger partial charge in [-0.3, -0.25) is 4.79 Å². The number of aromatic nitrogens is 1. The first-order valence-electron chi connectivity index (χ1n) is 5.65. The second-order valence-electron chi connectivity index (χ2n) is 4.01. The Balaban J connectivity index is 1.86. The predicted octanol–water partition coefficient (Wildman–Crippen LogP) is 3.48. The van der Waals surface area contributed by atoms with Gasteiger partial charge in [-0.25, -0.2) is 4.98 Å². The third-order valence-electron chi connectivity index (χ3n) is 2.70. The molecule has 7 heteroatoms. The van der Waals surface area contributed by atoms with E-state index in [4.69, 9.17) is 21.1 Å². The molecule has 0 radical (unpaired) electrons. The number of amides is 1. The van der Waals surface area contributed by atoms with Crippen LogP contribution >= 0.6 is 27.5 Å². The lowest BCUT2D eigenvalue weighted by Crippen LogP contribution is -2.12. The number of benzene rings is 1. The molecule has 0 bridgehead atoms. The normalized spacial score (nSPS) is 12.3. The zero-order valence-corrected chi connectivity index (χ0v) is 12.4. The molecule has 1 aromatic carbocycles. The first-order chi connectivity index (χ1) is 9.63. The Morgan fingerprint density at radius 1 is 1.30 bits per heavy atom. The average Bonchev–Trinajstić information content (AvgIpc) is 2.86. The van der Waals surface area contributed by atoms with Crippen molar-refractivity contribution in [1.29, 1.82) is 0 Å². The summed E-state index contributed by atoms with van der Waals surface area (Å²) >= 11 is 9.32. The molecule has 102 valence electrons. The van der Waals surface area contributed by atoms with Crippen molar-refractivity contribution in [3.8, 4) is 11.5 Å². The zero-order valence-electron chi connectivity index (χ0n) is 10.0. The monoisotopic (exact) mass is 354 g/mol. The second kappa shape index (κ2) is 5.30. The van der Waals surface area contributed by atoms with Crippen molar-refractivity contribution < 1.29 is 14.3 Å². The number of carbonyl (C=O) groups is 1. The molecule has 1 amide bonds. The van der Waals surface area contributed by atoms with Gasteiger partial charge < -0.3 is 14.8 Å². The molecule has 1 aliphatic rings. The largest absolute Gasteiger partial charge is 0.454 e. The van der Waals surface area contributed by atoms with Gasteiger partial charge in [-0.1, -0.05) is 11.6 Å². The quantitative estimate of drug-likeness (QED) is 0.838. The Hall–Kier alpha value is -1.79. The number of nitrogens with one attached hydrogen (secondary N) is 1. The van der Waals surface area contributed by atoms with E-state index in [-0.39, 0.29) is 12.7 Å². The van der Waals surface area contributed by atoms with Crippen molar-refractivity contribution in [1.82, 2.24) is 4.98 Å². The summed E-state index contributed by atoms with van der Waals surface area (Å²) in [7, 11) is 0. The molecule has 0 atom stereocenters. The van der Waals surface area contributed by atoms with Gasteiger partial charge in [-0.05, 0) is 28.1 Å². The number of rotatable bonds is 2. The molecule has 2 aromatic rings. The minimum atomic E-state index is -0.283. The van der Waals surface area contributed by atoms with Crippen molar-refractivity contribution in [2.24, 2.45) is 0 Å². The Kier molecular flexibility index (Phi) is 3.50. The lowest BCUT2D eigenvalue weighted by molar-refractivity contribution is 0.102. The fourth-order valence-electron chi connectivity index (χ4n) is 1.75. The standard InChI is InChI=1S/C13H8BrClN2O3/c14-12-3-7(1-2-16-12)13(18)17-9-5-11-10(4-8(9)15)19-6-20-11/h1-5H,6H2,(H,17,18). The van der Waals surface area contributed by atoms with Crippen LogP contribution in [0.5, 0.6) is 11.5 Å². The van der Waals surface area contributed by atoms with Crippen LogP contribution in [0.4, 0.5) is 5.69 Å². The van der Waals surface area contributed by atoms with Crippen molar-refractivity contribution in [2.45, 2.75) is 0 Å². The molecule has 0 aliphatic carbocycles. The number of fused-ring (bicyclic) bond motifs is 1. The van der Waals surface area contributed by atoms with Crippen LogP contribution in [0.25, 0.3) is 0 Å². The topological polar surface area (TPSA) is 60.5 Å². The van der Waals surface area contributed by atoms with Crippen LogP contribution in [0, 0.1) is 0 Å². The summed E-state index contributed by atoms with van der Waals surface area (Å²) in [6, 6.07) is 6.48. The minimum Gasteiger partial charge on any atom is -0.454 e. The van der Waals surface area contributed by atoms with E-state index in [0.717, 1.165) is 0 Å². The van der Waals surface area contributed by atoms with Crippen molar-refractivity contribution >= 4 is 39.1 Å². The van der Waals surface area contributed by atoms with Crippen molar-refractivity contribution in [3.05, 3.63) is 45.7 Å². The smallest absolute Gasteiger partial charge is 0.255 e. The second-order valence-corrected chi connectivity index (χ2v) is 5.23. The highest BCUT2D eigenvalue weighted by Crippen LogP contribution is 2.39. The van der Waals surface area contributed by atoms with Crippen molar-refractivity contribution in [2.75, 3.05) is 12.1 Å². The molecule has 0 saturated heterocycles. The molecule has 0 unspecified atom stereocenters. The number of nitrogens with zero attached hydrogens (tertiary/aromatic N) is 1. The van der Waals surface area contributed by atoms with Crippen LogP contribution in [0.2, 0.25) is 5.02 Å². The SMILES string of the molecule is O=C(Nc1cc2c(cc1Cl)OCO2)c1ccnc(Br)c1. The maximum Gasteiger partial charge on any atom is 0.255 e. The average molecular weight is 356 g/mol.